The zero-order valence-corrected chi connectivity index (χ0v) is 11.1. The van der Waals surface area contributed by atoms with Crippen LogP contribution in [0.15, 0.2) is 45.8 Å². The third kappa shape index (κ3) is 2.55. The molecular weight excluding hydrogens is 226 g/mol. The van der Waals surface area contributed by atoms with Crippen molar-refractivity contribution in [1.82, 2.24) is 4.57 Å². The number of hydrogen-bond acceptors (Lipinski definition) is 2. The topological polar surface area (TPSA) is 35.1 Å². The SMILES string of the molecule is CC(C)C(C)c1coc(=O)n1Cc1ccccc1. The molecule has 0 spiro atoms. The zero-order valence-electron chi connectivity index (χ0n) is 11.1. The third-order valence-electron chi connectivity index (χ3n) is 3.46. The first-order valence-electron chi connectivity index (χ1n) is 6.31. The first kappa shape index (κ1) is 12.7. The summed E-state index contributed by atoms with van der Waals surface area (Å²) >= 11 is 0. The fourth-order valence-electron chi connectivity index (χ4n) is 1.96. The normalized spacial score (nSPS) is 12.9. The van der Waals surface area contributed by atoms with Crippen molar-refractivity contribution in [2.45, 2.75) is 33.2 Å². The third-order valence-corrected chi connectivity index (χ3v) is 3.46. The summed E-state index contributed by atoms with van der Waals surface area (Å²) < 4.78 is 6.77. The fourth-order valence-corrected chi connectivity index (χ4v) is 1.96. The number of hydrogen-bond donors (Lipinski definition) is 0. The van der Waals surface area contributed by atoms with Crippen LogP contribution in [0.1, 0.15) is 37.9 Å². The van der Waals surface area contributed by atoms with Gasteiger partial charge in [-0.15, -0.1) is 0 Å². The lowest BCUT2D eigenvalue weighted by atomic mass is 9.95. The van der Waals surface area contributed by atoms with Gasteiger partial charge in [-0.3, -0.25) is 4.57 Å². The Hall–Kier alpha value is -1.77. The summed E-state index contributed by atoms with van der Waals surface area (Å²) in [5, 5.41) is 0. The Bertz CT molecular complexity index is 551. The maximum Gasteiger partial charge on any atom is 0.419 e. The molecule has 1 atom stereocenters. The van der Waals surface area contributed by atoms with E-state index in [0.717, 1.165) is 11.3 Å². The van der Waals surface area contributed by atoms with Gasteiger partial charge in [-0.2, -0.15) is 0 Å². The molecule has 0 amide bonds. The van der Waals surface area contributed by atoms with Crippen LogP contribution in [0.4, 0.5) is 0 Å². The van der Waals surface area contributed by atoms with Crippen LogP contribution >= 0.6 is 0 Å². The average Bonchev–Trinajstić information content (AvgIpc) is 2.71. The maximum absolute atomic E-state index is 11.8. The van der Waals surface area contributed by atoms with E-state index in [2.05, 4.69) is 20.8 Å². The lowest BCUT2D eigenvalue weighted by Gasteiger charge is -2.16. The Labute approximate surface area is 107 Å². The number of aromatic nitrogens is 1. The molecule has 0 saturated heterocycles. The summed E-state index contributed by atoms with van der Waals surface area (Å²) in [5.41, 5.74) is 2.08. The van der Waals surface area contributed by atoms with E-state index in [1.165, 1.54) is 0 Å². The summed E-state index contributed by atoms with van der Waals surface area (Å²) in [7, 11) is 0. The molecule has 2 rings (SSSR count). The number of benzene rings is 1. The first-order valence-corrected chi connectivity index (χ1v) is 6.31. The minimum absolute atomic E-state index is 0.277. The summed E-state index contributed by atoms with van der Waals surface area (Å²) in [6.07, 6.45) is 1.59. The van der Waals surface area contributed by atoms with Gasteiger partial charge in [-0.25, -0.2) is 4.79 Å². The highest BCUT2D eigenvalue weighted by Gasteiger charge is 2.17. The highest BCUT2D eigenvalue weighted by molar-refractivity contribution is 5.16. The minimum Gasteiger partial charge on any atom is -0.416 e. The first-order chi connectivity index (χ1) is 8.59. The molecule has 0 aliphatic heterocycles. The molecule has 0 aliphatic carbocycles. The molecule has 3 heteroatoms. The van der Waals surface area contributed by atoms with Gasteiger partial charge in [0.15, 0.2) is 0 Å². The van der Waals surface area contributed by atoms with E-state index in [4.69, 9.17) is 4.42 Å². The highest BCUT2D eigenvalue weighted by Crippen LogP contribution is 2.23. The quantitative estimate of drug-likeness (QED) is 0.828. The van der Waals surface area contributed by atoms with Crippen LogP contribution in [0.2, 0.25) is 0 Å². The van der Waals surface area contributed by atoms with Crippen molar-refractivity contribution < 1.29 is 4.42 Å². The van der Waals surface area contributed by atoms with E-state index in [1.807, 2.05) is 30.3 Å². The standard InChI is InChI=1S/C15H19NO2/c1-11(2)12(3)14-10-18-15(17)16(14)9-13-7-5-4-6-8-13/h4-8,10-12H,9H2,1-3H3. The van der Waals surface area contributed by atoms with Crippen LogP contribution in [-0.2, 0) is 6.54 Å². The molecule has 1 heterocycles. The van der Waals surface area contributed by atoms with Crippen LogP contribution in [-0.4, -0.2) is 4.57 Å². The molecule has 2 aromatic rings. The molecule has 1 aromatic carbocycles. The number of nitrogens with zero attached hydrogens (tertiary/aromatic N) is 1. The minimum atomic E-state index is -0.277. The van der Waals surface area contributed by atoms with Gasteiger partial charge in [0.05, 0.1) is 12.2 Å². The molecule has 0 N–H and O–H groups in total. The predicted molar refractivity (Wildman–Crippen MR) is 71.8 cm³/mol. The molecule has 3 nitrogen and oxygen atoms in total. The van der Waals surface area contributed by atoms with Gasteiger partial charge in [-0.1, -0.05) is 51.1 Å². The lowest BCUT2D eigenvalue weighted by molar-refractivity contribution is 0.483. The summed E-state index contributed by atoms with van der Waals surface area (Å²) in [5.74, 6) is 0.505. The zero-order chi connectivity index (χ0) is 13.1. The number of rotatable bonds is 4. The molecule has 1 unspecified atom stereocenters. The Balaban J connectivity index is 2.33. The highest BCUT2D eigenvalue weighted by atomic mass is 16.4. The Morgan fingerprint density at radius 1 is 1.17 bits per heavy atom. The lowest BCUT2D eigenvalue weighted by Crippen LogP contribution is -2.20. The van der Waals surface area contributed by atoms with Crippen LogP contribution in [0, 0.1) is 5.92 Å². The van der Waals surface area contributed by atoms with Crippen molar-refractivity contribution in [2.24, 2.45) is 5.92 Å². The molecular formula is C15H19NO2. The summed E-state index contributed by atoms with van der Waals surface area (Å²) in [4.78, 5) is 11.8. The van der Waals surface area contributed by atoms with Gasteiger partial charge in [0.25, 0.3) is 0 Å². The second-order valence-electron chi connectivity index (χ2n) is 5.03. The fraction of sp³-hybridized carbons (Fsp3) is 0.400. The van der Waals surface area contributed by atoms with Crippen molar-refractivity contribution in [3.8, 4) is 0 Å². The van der Waals surface area contributed by atoms with Crippen molar-refractivity contribution in [3.63, 3.8) is 0 Å². The van der Waals surface area contributed by atoms with Gasteiger partial charge in [-0.05, 0) is 11.5 Å². The van der Waals surface area contributed by atoms with Crippen LogP contribution in [0.3, 0.4) is 0 Å². The largest absolute Gasteiger partial charge is 0.419 e. The smallest absolute Gasteiger partial charge is 0.416 e. The molecule has 18 heavy (non-hydrogen) atoms. The molecule has 0 bridgehead atoms. The van der Waals surface area contributed by atoms with Crippen LogP contribution in [0.5, 0.6) is 0 Å². The van der Waals surface area contributed by atoms with E-state index < -0.39 is 0 Å². The second kappa shape index (κ2) is 5.25. The molecule has 96 valence electrons. The van der Waals surface area contributed by atoms with Crippen LogP contribution in [0.25, 0.3) is 0 Å². The Morgan fingerprint density at radius 3 is 2.44 bits per heavy atom. The molecule has 0 radical (unpaired) electrons. The van der Waals surface area contributed by atoms with Crippen molar-refractivity contribution in [3.05, 3.63) is 58.4 Å². The Kier molecular flexibility index (Phi) is 3.70. The predicted octanol–water partition coefficient (Wildman–Crippen LogP) is 3.25. The van der Waals surface area contributed by atoms with E-state index in [1.54, 1.807) is 10.8 Å². The van der Waals surface area contributed by atoms with Crippen molar-refractivity contribution in [1.29, 1.82) is 0 Å². The molecule has 0 fully saturated rings. The van der Waals surface area contributed by atoms with E-state index in [0.29, 0.717) is 18.4 Å². The van der Waals surface area contributed by atoms with Gasteiger partial charge in [0.1, 0.15) is 6.26 Å². The van der Waals surface area contributed by atoms with E-state index in [-0.39, 0.29) is 5.76 Å². The van der Waals surface area contributed by atoms with Gasteiger partial charge < -0.3 is 4.42 Å². The number of oxazole rings is 1. The molecule has 0 saturated carbocycles. The molecule has 0 aliphatic rings. The summed E-state index contributed by atoms with van der Waals surface area (Å²) in [6, 6.07) is 9.96. The van der Waals surface area contributed by atoms with Gasteiger partial charge >= 0.3 is 5.76 Å². The monoisotopic (exact) mass is 245 g/mol. The van der Waals surface area contributed by atoms with E-state index in [9.17, 15) is 4.79 Å². The second-order valence-corrected chi connectivity index (χ2v) is 5.03. The van der Waals surface area contributed by atoms with Gasteiger partial charge in [0, 0.05) is 5.92 Å². The average molecular weight is 245 g/mol. The van der Waals surface area contributed by atoms with Gasteiger partial charge in [0.2, 0.25) is 0 Å². The van der Waals surface area contributed by atoms with Crippen molar-refractivity contribution in [2.75, 3.05) is 0 Å². The molecule has 1 aromatic heterocycles. The van der Waals surface area contributed by atoms with Crippen LogP contribution < -0.4 is 5.76 Å². The Morgan fingerprint density at radius 2 is 1.83 bits per heavy atom. The summed E-state index contributed by atoms with van der Waals surface area (Å²) in [6.45, 7) is 6.99. The van der Waals surface area contributed by atoms with Crippen molar-refractivity contribution >= 4 is 0 Å². The van der Waals surface area contributed by atoms with E-state index >= 15 is 0 Å². The maximum atomic E-state index is 11.8.